The fraction of sp³-hybridized carbons (Fsp3) is 0.385. The van der Waals surface area contributed by atoms with E-state index in [2.05, 4.69) is 38.9 Å². The van der Waals surface area contributed by atoms with Crippen LogP contribution in [0.25, 0.3) is 10.9 Å². The number of benzene rings is 2. The van der Waals surface area contributed by atoms with Crippen LogP contribution in [0.1, 0.15) is 49.7 Å². The molecule has 3 N–H and O–H groups in total. The molecule has 2 heterocycles. The van der Waals surface area contributed by atoms with Crippen LogP contribution in [0.3, 0.4) is 0 Å². The van der Waals surface area contributed by atoms with Gasteiger partial charge in [-0.1, -0.05) is 61.4 Å². The summed E-state index contributed by atoms with van der Waals surface area (Å²) < 4.78 is 2.24. The average Bonchev–Trinajstić information content (AvgIpc) is 3.18. The molecule has 33 heavy (non-hydrogen) atoms. The Morgan fingerprint density at radius 1 is 0.970 bits per heavy atom. The summed E-state index contributed by atoms with van der Waals surface area (Å²) in [6, 6.07) is 15.8. The minimum absolute atomic E-state index is 0.102. The molecule has 0 fully saturated rings. The second-order valence-corrected chi connectivity index (χ2v) is 8.50. The molecule has 0 spiro atoms. The molecule has 2 aromatic carbocycles. The Hall–Kier alpha value is -3.32. The van der Waals surface area contributed by atoms with Gasteiger partial charge in [0, 0.05) is 31.1 Å². The molecule has 3 amide bonds. The van der Waals surface area contributed by atoms with Crippen LogP contribution in [0, 0.1) is 0 Å². The third-order valence-corrected chi connectivity index (χ3v) is 5.96. The molecular formula is C26H32N4O3. The summed E-state index contributed by atoms with van der Waals surface area (Å²) in [6.07, 6.45) is 8.28. The lowest BCUT2D eigenvalue weighted by Gasteiger charge is -2.14. The average molecular weight is 449 g/mol. The van der Waals surface area contributed by atoms with Crippen LogP contribution in [0.2, 0.25) is 0 Å². The smallest absolute Gasteiger partial charge is 0.319 e. The number of carbonyl (C=O) groups excluding carboxylic acids is 2. The van der Waals surface area contributed by atoms with Crippen LogP contribution < -0.4 is 16.1 Å². The Morgan fingerprint density at radius 2 is 1.82 bits per heavy atom. The summed E-state index contributed by atoms with van der Waals surface area (Å²) >= 11 is 0. The number of nitrogens with one attached hydrogen (secondary N) is 3. The number of hydrogen-bond donors (Lipinski definition) is 3. The van der Waals surface area contributed by atoms with E-state index in [1.165, 1.54) is 11.1 Å². The van der Waals surface area contributed by atoms with E-state index >= 15 is 0 Å². The normalized spacial score (nSPS) is 12.5. The molecule has 0 saturated carbocycles. The van der Waals surface area contributed by atoms with Crippen LogP contribution in [0.5, 0.6) is 0 Å². The Balaban J connectivity index is 1.07. The Bertz CT molecular complexity index is 1080. The predicted molar refractivity (Wildman–Crippen MR) is 130 cm³/mol. The quantitative estimate of drug-likeness (QED) is 0.288. The summed E-state index contributed by atoms with van der Waals surface area (Å²) in [5, 5.41) is 7.05. The van der Waals surface area contributed by atoms with Gasteiger partial charge in [-0.3, -0.25) is 9.63 Å². The molecule has 1 aromatic heterocycles. The van der Waals surface area contributed by atoms with Crippen LogP contribution >= 0.6 is 0 Å². The maximum Gasteiger partial charge on any atom is 0.319 e. The highest BCUT2D eigenvalue weighted by atomic mass is 16.6. The molecule has 0 bridgehead atoms. The zero-order valence-corrected chi connectivity index (χ0v) is 18.9. The third kappa shape index (κ3) is 6.35. The topological polar surface area (TPSA) is 84.4 Å². The monoisotopic (exact) mass is 448 g/mol. The first-order valence-electron chi connectivity index (χ1n) is 11.8. The van der Waals surface area contributed by atoms with Crippen molar-refractivity contribution in [2.75, 3.05) is 11.9 Å². The summed E-state index contributed by atoms with van der Waals surface area (Å²) in [5.41, 5.74) is 6.97. The lowest BCUT2D eigenvalue weighted by molar-refractivity contribution is -0.134. The van der Waals surface area contributed by atoms with Gasteiger partial charge in [-0.25, -0.2) is 10.3 Å². The zero-order chi connectivity index (χ0) is 22.9. The molecule has 7 heteroatoms. The number of nitrogens with zero attached hydrogens (tertiary/aromatic N) is 1. The van der Waals surface area contributed by atoms with Crippen molar-refractivity contribution >= 4 is 28.5 Å². The number of amides is 3. The molecule has 0 radical (unpaired) electrons. The van der Waals surface area contributed by atoms with Crippen molar-refractivity contribution in [3.8, 4) is 0 Å². The fourth-order valence-corrected chi connectivity index (χ4v) is 4.31. The predicted octanol–water partition coefficient (Wildman–Crippen LogP) is 4.91. The maximum absolute atomic E-state index is 12.3. The number of hydroxylamine groups is 1. The van der Waals surface area contributed by atoms with Crippen molar-refractivity contribution in [1.82, 2.24) is 15.4 Å². The van der Waals surface area contributed by atoms with Crippen LogP contribution in [0.4, 0.5) is 10.5 Å². The van der Waals surface area contributed by atoms with Crippen molar-refractivity contribution in [2.45, 2.75) is 58.1 Å². The maximum atomic E-state index is 12.3. The van der Waals surface area contributed by atoms with Crippen molar-refractivity contribution in [1.29, 1.82) is 0 Å². The molecule has 3 aromatic rings. The number of hydrogen-bond acceptors (Lipinski definition) is 3. The van der Waals surface area contributed by atoms with Crippen LogP contribution in [-0.2, 0) is 29.2 Å². The second kappa shape index (κ2) is 11.5. The molecule has 1 aliphatic rings. The Labute approximate surface area is 194 Å². The molecule has 0 atom stereocenters. The Kier molecular flexibility index (Phi) is 7.98. The summed E-state index contributed by atoms with van der Waals surface area (Å²) in [7, 11) is 0. The van der Waals surface area contributed by atoms with E-state index in [1.54, 1.807) is 0 Å². The SMILES string of the molecule is O=C(CCCCCCNC(=O)Nc1cn2c3c(cccc13)CCC2)NOCc1ccccc1. The highest BCUT2D eigenvalue weighted by Crippen LogP contribution is 2.32. The number of unbranched alkanes of at least 4 members (excludes halogenated alkanes) is 3. The number of para-hydroxylation sites is 1. The fourth-order valence-electron chi connectivity index (χ4n) is 4.31. The van der Waals surface area contributed by atoms with Crippen molar-refractivity contribution in [2.24, 2.45) is 0 Å². The second-order valence-electron chi connectivity index (χ2n) is 8.50. The van der Waals surface area contributed by atoms with Crippen molar-refractivity contribution in [3.63, 3.8) is 0 Å². The summed E-state index contributed by atoms with van der Waals surface area (Å²) in [6.45, 7) is 1.97. The van der Waals surface area contributed by atoms with Gasteiger partial charge in [-0.05, 0) is 36.8 Å². The zero-order valence-electron chi connectivity index (χ0n) is 18.9. The highest BCUT2D eigenvalue weighted by molar-refractivity contribution is 6.02. The van der Waals surface area contributed by atoms with E-state index in [9.17, 15) is 9.59 Å². The van der Waals surface area contributed by atoms with Gasteiger partial charge in [-0.2, -0.15) is 0 Å². The molecule has 0 unspecified atom stereocenters. The van der Waals surface area contributed by atoms with Crippen molar-refractivity contribution in [3.05, 3.63) is 65.9 Å². The lowest BCUT2D eigenvalue weighted by atomic mass is 10.0. The van der Waals surface area contributed by atoms with Gasteiger partial charge in [0.05, 0.1) is 17.8 Å². The number of anilines is 1. The number of carbonyl (C=O) groups is 2. The minimum Gasteiger partial charge on any atom is -0.345 e. The number of aryl methyl sites for hydroxylation is 2. The molecule has 0 saturated heterocycles. The van der Waals surface area contributed by atoms with Gasteiger partial charge in [0.1, 0.15) is 0 Å². The molecular weight excluding hydrogens is 416 g/mol. The van der Waals surface area contributed by atoms with E-state index in [0.29, 0.717) is 19.6 Å². The molecule has 4 rings (SSSR count). The third-order valence-electron chi connectivity index (χ3n) is 5.96. The van der Waals surface area contributed by atoms with Crippen LogP contribution in [0.15, 0.2) is 54.7 Å². The summed E-state index contributed by atoms with van der Waals surface area (Å²) in [4.78, 5) is 29.4. The van der Waals surface area contributed by atoms with E-state index in [-0.39, 0.29) is 11.9 Å². The van der Waals surface area contributed by atoms with Gasteiger partial charge >= 0.3 is 6.03 Å². The standard InChI is InChI=1S/C26H32N4O3/c31-24(29-33-19-20-10-4-3-5-11-20)15-6-1-2-7-16-27-26(32)28-23-18-30-17-9-13-21-12-8-14-22(23)25(21)30/h3-5,8,10-12,14,18H,1-2,6-7,9,13,15-17,19H2,(H,29,31)(H2,27,28,32). The number of urea groups is 1. The first-order chi connectivity index (χ1) is 16.2. The van der Waals surface area contributed by atoms with Gasteiger partial charge in [0.2, 0.25) is 5.91 Å². The van der Waals surface area contributed by atoms with Gasteiger partial charge in [0.25, 0.3) is 0 Å². The number of aromatic nitrogens is 1. The Morgan fingerprint density at radius 3 is 2.70 bits per heavy atom. The molecule has 0 aliphatic carbocycles. The summed E-state index contributed by atoms with van der Waals surface area (Å²) in [5.74, 6) is -0.102. The van der Waals surface area contributed by atoms with E-state index in [0.717, 1.165) is 61.7 Å². The lowest BCUT2D eigenvalue weighted by Crippen LogP contribution is -2.29. The van der Waals surface area contributed by atoms with Crippen LogP contribution in [-0.4, -0.2) is 23.1 Å². The first-order valence-corrected chi connectivity index (χ1v) is 11.8. The first kappa shape index (κ1) is 22.9. The molecule has 1 aliphatic heterocycles. The number of rotatable bonds is 11. The van der Waals surface area contributed by atoms with Gasteiger partial charge in [-0.15, -0.1) is 0 Å². The highest BCUT2D eigenvalue weighted by Gasteiger charge is 2.16. The van der Waals surface area contributed by atoms with E-state index < -0.39 is 0 Å². The van der Waals surface area contributed by atoms with E-state index in [4.69, 9.17) is 4.84 Å². The van der Waals surface area contributed by atoms with Crippen molar-refractivity contribution < 1.29 is 14.4 Å². The minimum atomic E-state index is -0.173. The largest absolute Gasteiger partial charge is 0.345 e. The molecule has 174 valence electrons. The van der Waals surface area contributed by atoms with Gasteiger partial charge < -0.3 is 15.2 Å². The van der Waals surface area contributed by atoms with Gasteiger partial charge in [0.15, 0.2) is 0 Å². The molecule has 7 nitrogen and oxygen atoms in total. The van der Waals surface area contributed by atoms with E-state index in [1.807, 2.05) is 36.5 Å².